The molecule has 28 heavy (non-hydrogen) atoms. The van der Waals surface area contributed by atoms with Crippen molar-refractivity contribution in [2.45, 2.75) is 25.4 Å². The van der Waals surface area contributed by atoms with Crippen LogP contribution in [0.25, 0.3) is 22.3 Å². The van der Waals surface area contributed by atoms with Crippen LogP contribution >= 0.6 is 15.9 Å². The lowest BCUT2D eigenvalue weighted by Gasteiger charge is -2.12. The summed E-state index contributed by atoms with van der Waals surface area (Å²) in [4.78, 5) is 30.2. The minimum atomic E-state index is -0.338. The Kier molecular flexibility index (Phi) is 4.01. The van der Waals surface area contributed by atoms with Crippen LogP contribution in [0.3, 0.4) is 0 Å². The maximum absolute atomic E-state index is 13.0. The van der Waals surface area contributed by atoms with E-state index in [0.29, 0.717) is 22.6 Å². The molecule has 1 saturated carbocycles. The Balaban J connectivity index is 1.60. The van der Waals surface area contributed by atoms with Gasteiger partial charge in [-0.15, -0.1) is 0 Å². The van der Waals surface area contributed by atoms with E-state index in [0.717, 1.165) is 22.9 Å². The molecule has 1 fully saturated rings. The van der Waals surface area contributed by atoms with Gasteiger partial charge in [-0.05, 0) is 49.2 Å². The second-order valence-electron chi connectivity index (χ2n) is 6.81. The topological polar surface area (TPSA) is 82.9 Å². The zero-order valence-corrected chi connectivity index (χ0v) is 16.3. The Morgan fingerprint density at radius 3 is 2.57 bits per heavy atom. The number of rotatable bonds is 4. The van der Waals surface area contributed by atoms with Crippen LogP contribution in [-0.2, 0) is 6.54 Å². The first-order valence-corrected chi connectivity index (χ1v) is 9.74. The summed E-state index contributed by atoms with van der Waals surface area (Å²) in [5, 5.41) is 4.54. The van der Waals surface area contributed by atoms with E-state index in [1.54, 1.807) is 24.3 Å². The van der Waals surface area contributed by atoms with Crippen molar-refractivity contribution in [3.8, 4) is 11.4 Å². The highest BCUT2D eigenvalue weighted by Gasteiger charge is 2.29. The Labute approximate surface area is 167 Å². The molecule has 0 amide bonds. The van der Waals surface area contributed by atoms with Gasteiger partial charge in [-0.1, -0.05) is 33.2 Å². The van der Waals surface area contributed by atoms with Gasteiger partial charge in [0.1, 0.15) is 6.54 Å². The molecule has 2 aromatic carbocycles. The van der Waals surface area contributed by atoms with E-state index in [2.05, 4.69) is 26.1 Å². The molecule has 0 radical (unpaired) electrons. The van der Waals surface area contributed by atoms with Crippen LogP contribution in [0.2, 0.25) is 0 Å². The van der Waals surface area contributed by atoms with Gasteiger partial charge >= 0.3 is 5.69 Å². The molecule has 8 heteroatoms. The molecule has 0 bridgehead atoms. The highest BCUT2D eigenvalue weighted by molar-refractivity contribution is 9.10. The van der Waals surface area contributed by atoms with Crippen molar-refractivity contribution in [3.05, 3.63) is 79.7 Å². The van der Waals surface area contributed by atoms with E-state index in [9.17, 15) is 9.59 Å². The first kappa shape index (κ1) is 17.1. The number of halogens is 1. The average molecular weight is 439 g/mol. The fourth-order valence-electron chi connectivity index (χ4n) is 3.32. The minimum absolute atomic E-state index is 0.0168. The van der Waals surface area contributed by atoms with Crippen molar-refractivity contribution in [2.24, 2.45) is 0 Å². The van der Waals surface area contributed by atoms with Crippen molar-refractivity contribution >= 4 is 26.8 Å². The summed E-state index contributed by atoms with van der Waals surface area (Å²) in [7, 11) is 0. The fourth-order valence-corrected chi connectivity index (χ4v) is 3.58. The Hall–Kier alpha value is -3.00. The quantitative estimate of drug-likeness (QED) is 0.487. The predicted octanol–water partition coefficient (Wildman–Crippen LogP) is 3.36. The van der Waals surface area contributed by atoms with E-state index in [-0.39, 0.29) is 23.8 Å². The van der Waals surface area contributed by atoms with E-state index < -0.39 is 0 Å². The number of fused-ring (bicyclic) bond motifs is 1. The van der Waals surface area contributed by atoms with Gasteiger partial charge in [0, 0.05) is 16.1 Å². The summed E-state index contributed by atoms with van der Waals surface area (Å²) in [5.74, 6) is 0.765. The largest absolute Gasteiger partial charge is 0.337 e. The summed E-state index contributed by atoms with van der Waals surface area (Å²) < 4.78 is 9.23. The average Bonchev–Trinajstić information content (AvgIpc) is 3.43. The van der Waals surface area contributed by atoms with Gasteiger partial charge in [0.15, 0.2) is 0 Å². The summed E-state index contributed by atoms with van der Waals surface area (Å²) in [6.07, 6.45) is 1.70. The third-order valence-corrected chi connectivity index (χ3v) is 5.39. The van der Waals surface area contributed by atoms with E-state index in [4.69, 9.17) is 4.52 Å². The summed E-state index contributed by atoms with van der Waals surface area (Å²) in [6.45, 7) is 0.107. The van der Waals surface area contributed by atoms with Crippen LogP contribution in [-0.4, -0.2) is 19.3 Å². The Bertz CT molecular complexity index is 1300. The molecule has 5 rings (SSSR count). The lowest BCUT2D eigenvalue weighted by atomic mass is 10.2. The minimum Gasteiger partial charge on any atom is -0.337 e. The number of hydrogen-bond donors (Lipinski definition) is 0. The van der Waals surface area contributed by atoms with Crippen LogP contribution < -0.4 is 11.2 Å². The van der Waals surface area contributed by atoms with E-state index in [1.165, 1.54) is 9.13 Å². The molecule has 0 atom stereocenters. The molecule has 0 unspecified atom stereocenters. The molecule has 140 valence electrons. The van der Waals surface area contributed by atoms with Gasteiger partial charge in [0.05, 0.1) is 10.9 Å². The summed E-state index contributed by atoms with van der Waals surface area (Å²) >= 11 is 3.40. The molecule has 2 heterocycles. The predicted molar refractivity (Wildman–Crippen MR) is 107 cm³/mol. The highest BCUT2D eigenvalue weighted by Crippen LogP contribution is 2.32. The molecule has 1 aliphatic carbocycles. The third-order valence-electron chi connectivity index (χ3n) is 4.86. The standard InChI is InChI=1S/C20H15BrN4O3/c21-13-7-5-12(6-8-13)18-22-17(28-23-18)11-24-16-4-2-1-3-15(16)19(26)25(20(24)27)14-9-10-14/h1-8,14H,9-11H2. The van der Waals surface area contributed by atoms with Gasteiger partial charge in [-0.25, -0.2) is 4.79 Å². The van der Waals surface area contributed by atoms with Gasteiger partial charge < -0.3 is 4.52 Å². The molecule has 0 spiro atoms. The lowest BCUT2D eigenvalue weighted by molar-refractivity contribution is 0.369. The molecular formula is C20H15BrN4O3. The smallest absolute Gasteiger partial charge is 0.332 e. The first-order chi connectivity index (χ1) is 13.6. The second kappa shape index (κ2) is 6.56. The zero-order chi connectivity index (χ0) is 19.3. The Morgan fingerprint density at radius 1 is 1.07 bits per heavy atom. The fraction of sp³-hybridized carbons (Fsp3) is 0.200. The summed E-state index contributed by atoms with van der Waals surface area (Å²) in [5.41, 5.74) is 0.811. The number of benzene rings is 2. The van der Waals surface area contributed by atoms with Crippen molar-refractivity contribution in [3.63, 3.8) is 0 Å². The first-order valence-electron chi connectivity index (χ1n) is 8.94. The summed E-state index contributed by atoms with van der Waals surface area (Å²) in [6, 6.07) is 14.7. The second-order valence-corrected chi connectivity index (χ2v) is 7.73. The van der Waals surface area contributed by atoms with Crippen molar-refractivity contribution in [1.29, 1.82) is 0 Å². The molecule has 4 aromatic rings. The van der Waals surface area contributed by atoms with E-state index in [1.807, 2.05) is 24.3 Å². The van der Waals surface area contributed by atoms with Crippen molar-refractivity contribution < 1.29 is 4.52 Å². The molecule has 1 aliphatic rings. The van der Waals surface area contributed by atoms with Crippen LogP contribution in [0.1, 0.15) is 24.8 Å². The SMILES string of the molecule is O=c1c2ccccc2n(Cc2nc(-c3ccc(Br)cc3)no2)c(=O)n1C1CC1. The highest BCUT2D eigenvalue weighted by atomic mass is 79.9. The number of hydrogen-bond acceptors (Lipinski definition) is 5. The molecule has 7 nitrogen and oxygen atoms in total. The monoisotopic (exact) mass is 438 g/mol. The lowest BCUT2D eigenvalue weighted by Crippen LogP contribution is -2.39. The number of aromatic nitrogens is 4. The maximum Gasteiger partial charge on any atom is 0.332 e. The van der Waals surface area contributed by atoms with Crippen LogP contribution in [0.5, 0.6) is 0 Å². The number of para-hydroxylation sites is 1. The zero-order valence-electron chi connectivity index (χ0n) is 14.7. The normalized spacial score (nSPS) is 13.9. The van der Waals surface area contributed by atoms with Crippen LogP contribution in [0.4, 0.5) is 0 Å². The van der Waals surface area contributed by atoms with Crippen molar-refractivity contribution in [2.75, 3.05) is 0 Å². The molecule has 0 aliphatic heterocycles. The molecular weight excluding hydrogens is 424 g/mol. The van der Waals surface area contributed by atoms with Gasteiger partial charge in [0.25, 0.3) is 5.56 Å². The van der Waals surface area contributed by atoms with Gasteiger partial charge in [-0.2, -0.15) is 4.98 Å². The van der Waals surface area contributed by atoms with E-state index >= 15 is 0 Å². The molecule has 0 saturated heterocycles. The molecule has 2 aromatic heterocycles. The molecule has 0 N–H and O–H groups in total. The van der Waals surface area contributed by atoms with Crippen LogP contribution in [0.15, 0.2) is 67.1 Å². The van der Waals surface area contributed by atoms with Crippen LogP contribution in [0, 0.1) is 0 Å². The van der Waals surface area contributed by atoms with Gasteiger partial charge in [0.2, 0.25) is 11.7 Å². The van der Waals surface area contributed by atoms with Crippen molar-refractivity contribution in [1.82, 2.24) is 19.3 Å². The third kappa shape index (κ3) is 2.90. The Morgan fingerprint density at radius 2 is 1.82 bits per heavy atom. The maximum atomic E-state index is 13.0. The van der Waals surface area contributed by atoms with Gasteiger partial charge in [-0.3, -0.25) is 13.9 Å². The number of nitrogens with zero attached hydrogens (tertiary/aromatic N) is 4.